The van der Waals surface area contributed by atoms with Crippen molar-refractivity contribution in [2.24, 2.45) is 0 Å². The van der Waals surface area contributed by atoms with Crippen LogP contribution < -0.4 is 5.32 Å². The lowest BCUT2D eigenvalue weighted by Gasteiger charge is -2.15. The number of aryl methyl sites for hydroxylation is 1. The van der Waals surface area contributed by atoms with Crippen molar-refractivity contribution in [1.29, 1.82) is 0 Å². The summed E-state index contributed by atoms with van der Waals surface area (Å²) < 4.78 is 26.6. The molecule has 23 heavy (non-hydrogen) atoms. The third-order valence-electron chi connectivity index (χ3n) is 3.39. The Bertz CT molecular complexity index is 690. The molecule has 1 N–H and O–H groups in total. The van der Waals surface area contributed by atoms with Gasteiger partial charge in [0.1, 0.15) is 11.6 Å². The summed E-state index contributed by atoms with van der Waals surface area (Å²) in [4.78, 5) is 11.9. The minimum Gasteiger partial charge on any atom is -0.349 e. The Kier molecular flexibility index (Phi) is 6.16. The quantitative estimate of drug-likeness (QED) is 0.848. The fourth-order valence-electron chi connectivity index (χ4n) is 2.28. The molecular weight excluding hydrogens is 316 g/mol. The van der Waals surface area contributed by atoms with E-state index < -0.39 is 17.7 Å². The highest BCUT2D eigenvalue weighted by Crippen LogP contribution is 2.18. The number of hydrogen-bond acceptors (Lipinski definition) is 2. The molecule has 2 nitrogen and oxygen atoms in total. The van der Waals surface area contributed by atoms with Gasteiger partial charge in [-0.15, -0.1) is 11.8 Å². The Hall–Kier alpha value is -1.88. The average Bonchev–Trinajstić information content (AvgIpc) is 2.47. The molecule has 1 atom stereocenters. The first-order chi connectivity index (χ1) is 11.0. The second kappa shape index (κ2) is 8.11. The van der Waals surface area contributed by atoms with E-state index in [-0.39, 0.29) is 11.5 Å². The van der Waals surface area contributed by atoms with Crippen LogP contribution in [0.4, 0.5) is 8.78 Å². The summed E-state index contributed by atoms with van der Waals surface area (Å²) >= 11 is 1.50. The maximum Gasteiger partial charge on any atom is 0.230 e. The molecule has 0 bridgehead atoms. The standard InChI is InChI=1S/C18H19F2NOS/c1-12-4-3-5-14(8-12)10-23-11-18(22)21-13(2)16-7-6-15(19)9-17(16)20/h3-9,13H,10-11H2,1-2H3,(H,21,22). The molecule has 1 amide bonds. The SMILES string of the molecule is Cc1cccc(CSCC(=O)NC(C)c2ccc(F)cc2F)c1. The minimum atomic E-state index is -0.648. The van der Waals surface area contributed by atoms with Crippen molar-refractivity contribution in [2.45, 2.75) is 25.6 Å². The van der Waals surface area contributed by atoms with Crippen molar-refractivity contribution in [3.05, 3.63) is 70.8 Å². The number of benzene rings is 2. The molecule has 0 aromatic heterocycles. The van der Waals surface area contributed by atoms with Crippen LogP contribution in [0.1, 0.15) is 29.7 Å². The second-order valence-corrected chi connectivity index (χ2v) is 6.42. The molecule has 2 aromatic carbocycles. The van der Waals surface area contributed by atoms with Gasteiger partial charge in [-0.05, 0) is 25.5 Å². The average molecular weight is 335 g/mol. The summed E-state index contributed by atoms with van der Waals surface area (Å²) in [5.74, 6) is -0.405. The Morgan fingerprint density at radius 1 is 1.22 bits per heavy atom. The molecule has 0 aliphatic carbocycles. The Morgan fingerprint density at radius 3 is 2.70 bits per heavy atom. The summed E-state index contributed by atoms with van der Waals surface area (Å²) in [5, 5.41) is 2.73. The molecule has 0 fully saturated rings. The minimum absolute atomic E-state index is 0.168. The number of carbonyl (C=O) groups excluding carboxylic acids is 1. The normalized spacial score (nSPS) is 12.0. The summed E-state index contributed by atoms with van der Waals surface area (Å²) in [7, 11) is 0. The topological polar surface area (TPSA) is 29.1 Å². The van der Waals surface area contributed by atoms with E-state index in [0.717, 1.165) is 11.8 Å². The van der Waals surface area contributed by atoms with Gasteiger partial charge in [0.25, 0.3) is 0 Å². The van der Waals surface area contributed by atoms with E-state index in [4.69, 9.17) is 0 Å². The monoisotopic (exact) mass is 335 g/mol. The molecule has 0 aliphatic heterocycles. The fourth-order valence-corrected chi connectivity index (χ4v) is 3.06. The van der Waals surface area contributed by atoms with E-state index in [0.29, 0.717) is 5.75 Å². The molecule has 0 heterocycles. The number of carbonyl (C=O) groups is 1. The third kappa shape index (κ3) is 5.36. The van der Waals surface area contributed by atoms with Crippen LogP contribution in [0.25, 0.3) is 0 Å². The molecule has 0 radical (unpaired) electrons. The maximum absolute atomic E-state index is 13.7. The molecule has 122 valence electrons. The van der Waals surface area contributed by atoms with Crippen LogP contribution in [0.2, 0.25) is 0 Å². The Morgan fingerprint density at radius 2 is 2.00 bits per heavy atom. The summed E-state index contributed by atoms with van der Waals surface area (Å²) in [6.07, 6.45) is 0. The van der Waals surface area contributed by atoms with Crippen molar-refractivity contribution < 1.29 is 13.6 Å². The van der Waals surface area contributed by atoms with E-state index in [2.05, 4.69) is 11.4 Å². The highest BCUT2D eigenvalue weighted by atomic mass is 32.2. The number of hydrogen-bond donors (Lipinski definition) is 1. The van der Waals surface area contributed by atoms with Crippen molar-refractivity contribution in [1.82, 2.24) is 5.32 Å². The van der Waals surface area contributed by atoms with Crippen LogP contribution in [0.5, 0.6) is 0 Å². The van der Waals surface area contributed by atoms with Gasteiger partial charge in [0, 0.05) is 17.4 Å². The van der Waals surface area contributed by atoms with Gasteiger partial charge in [0.15, 0.2) is 0 Å². The molecule has 0 saturated heterocycles. The lowest BCUT2D eigenvalue weighted by Crippen LogP contribution is -2.28. The number of halogens is 2. The largest absolute Gasteiger partial charge is 0.349 e. The lowest BCUT2D eigenvalue weighted by molar-refractivity contribution is -0.119. The highest BCUT2D eigenvalue weighted by molar-refractivity contribution is 7.99. The van der Waals surface area contributed by atoms with Crippen molar-refractivity contribution in [3.8, 4) is 0 Å². The van der Waals surface area contributed by atoms with Crippen molar-refractivity contribution in [2.75, 3.05) is 5.75 Å². The molecule has 2 aromatic rings. The first-order valence-electron chi connectivity index (χ1n) is 7.33. The molecule has 0 saturated carbocycles. The summed E-state index contributed by atoms with van der Waals surface area (Å²) in [6, 6.07) is 11.0. The van der Waals surface area contributed by atoms with Crippen LogP contribution in [0.3, 0.4) is 0 Å². The van der Waals surface area contributed by atoms with Crippen LogP contribution in [0, 0.1) is 18.6 Å². The predicted octanol–water partition coefficient (Wildman–Crippen LogP) is 4.38. The first-order valence-corrected chi connectivity index (χ1v) is 8.49. The van der Waals surface area contributed by atoms with Crippen LogP contribution in [-0.2, 0) is 10.5 Å². The van der Waals surface area contributed by atoms with Crippen LogP contribution >= 0.6 is 11.8 Å². The molecule has 5 heteroatoms. The van der Waals surface area contributed by atoms with Crippen molar-refractivity contribution in [3.63, 3.8) is 0 Å². The smallest absolute Gasteiger partial charge is 0.230 e. The van der Waals surface area contributed by atoms with Gasteiger partial charge in [-0.2, -0.15) is 0 Å². The van der Waals surface area contributed by atoms with Gasteiger partial charge in [0.05, 0.1) is 11.8 Å². The molecule has 0 aliphatic rings. The summed E-state index contributed by atoms with van der Waals surface area (Å²) in [5.41, 5.74) is 2.64. The molecule has 2 rings (SSSR count). The van der Waals surface area contributed by atoms with Gasteiger partial charge in [0.2, 0.25) is 5.91 Å². The van der Waals surface area contributed by atoms with E-state index in [1.54, 1.807) is 6.92 Å². The van der Waals surface area contributed by atoms with E-state index in [9.17, 15) is 13.6 Å². The number of amides is 1. The number of rotatable bonds is 6. The zero-order valence-corrected chi connectivity index (χ0v) is 13.9. The zero-order chi connectivity index (χ0) is 16.8. The van der Waals surface area contributed by atoms with Gasteiger partial charge >= 0.3 is 0 Å². The lowest BCUT2D eigenvalue weighted by atomic mass is 10.1. The Balaban J connectivity index is 1.82. The molecule has 1 unspecified atom stereocenters. The second-order valence-electron chi connectivity index (χ2n) is 5.44. The first kappa shape index (κ1) is 17.5. The molecular formula is C18H19F2NOS. The molecule has 0 spiro atoms. The van der Waals surface area contributed by atoms with Crippen LogP contribution in [-0.4, -0.2) is 11.7 Å². The predicted molar refractivity (Wildman–Crippen MR) is 90.3 cm³/mol. The van der Waals surface area contributed by atoms with Crippen molar-refractivity contribution >= 4 is 17.7 Å². The van der Waals surface area contributed by atoms with Crippen LogP contribution in [0.15, 0.2) is 42.5 Å². The van der Waals surface area contributed by atoms with E-state index in [1.165, 1.54) is 35.0 Å². The maximum atomic E-state index is 13.7. The van der Waals surface area contributed by atoms with Gasteiger partial charge in [-0.25, -0.2) is 8.78 Å². The van der Waals surface area contributed by atoms with E-state index >= 15 is 0 Å². The third-order valence-corrected chi connectivity index (χ3v) is 4.39. The number of thioether (sulfide) groups is 1. The Labute approximate surface area is 139 Å². The van der Waals surface area contributed by atoms with E-state index in [1.807, 2.05) is 25.1 Å². The highest BCUT2D eigenvalue weighted by Gasteiger charge is 2.14. The fraction of sp³-hybridized carbons (Fsp3) is 0.278. The van der Waals surface area contributed by atoms with Gasteiger partial charge in [-0.3, -0.25) is 4.79 Å². The van der Waals surface area contributed by atoms with Gasteiger partial charge in [-0.1, -0.05) is 35.9 Å². The van der Waals surface area contributed by atoms with Gasteiger partial charge < -0.3 is 5.32 Å². The summed E-state index contributed by atoms with van der Waals surface area (Å²) in [6.45, 7) is 3.71. The zero-order valence-electron chi connectivity index (χ0n) is 13.1. The number of nitrogens with one attached hydrogen (secondary N) is 1.